The maximum Gasteiger partial charge on any atom is 0.159 e. The van der Waals surface area contributed by atoms with Crippen LogP contribution in [0, 0.1) is 13.8 Å². The van der Waals surface area contributed by atoms with Crippen molar-refractivity contribution in [2.45, 2.75) is 38.9 Å². The van der Waals surface area contributed by atoms with Gasteiger partial charge in [0, 0.05) is 17.3 Å². The standard InChI is InChI=1S/C21H22N4O3/c1-4-18(26)21(27,17-7-5-6-8-22-17)15-9-14(10-16-20(15)24-11-23-16)19-12(2)25-28-13(19)3/h5-11,18,26-27H,4H2,1-3H3,(H,23,24). The number of aromatic amines is 1. The first-order chi connectivity index (χ1) is 13.5. The number of pyridine rings is 1. The predicted molar refractivity (Wildman–Crippen MR) is 105 cm³/mol. The second kappa shape index (κ2) is 6.85. The lowest BCUT2D eigenvalue weighted by atomic mass is 9.81. The summed E-state index contributed by atoms with van der Waals surface area (Å²) in [6.45, 7) is 5.53. The zero-order valence-corrected chi connectivity index (χ0v) is 16.0. The van der Waals surface area contributed by atoms with Gasteiger partial charge in [-0.05, 0) is 50.1 Å². The third-order valence-corrected chi connectivity index (χ3v) is 5.18. The molecule has 3 N–H and O–H groups in total. The quantitative estimate of drug-likeness (QED) is 0.492. The van der Waals surface area contributed by atoms with E-state index >= 15 is 0 Å². The Morgan fingerprint density at radius 3 is 2.68 bits per heavy atom. The summed E-state index contributed by atoms with van der Waals surface area (Å²) in [5, 5.41) is 26.7. The molecule has 0 aliphatic heterocycles. The largest absolute Gasteiger partial charge is 0.389 e. The first-order valence-corrected chi connectivity index (χ1v) is 9.19. The molecule has 28 heavy (non-hydrogen) atoms. The van der Waals surface area contributed by atoms with E-state index in [0.29, 0.717) is 29.0 Å². The molecule has 144 valence electrons. The summed E-state index contributed by atoms with van der Waals surface area (Å²) in [6, 6.07) is 9.04. The molecule has 0 radical (unpaired) electrons. The highest BCUT2D eigenvalue weighted by Gasteiger charge is 2.42. The van der Waals surface area contributed by atoms with Crippen molar-refractivity contribution in [1.29, 1.82) is 0 Å². The molecule has 0 fully saturated rings. The van der Waals surface area contributed by atoms with Crippen molar-refractivity contribution in [2.75, 3.05) is 0 Å². The van der Waals surface area contributed by atoms with Crippen LogP contribution >= 0.6 is 0 Å². The highest BCUT2D eigenvalue weighted by Crippen LogP contribution is 2.40. The van der Waals surface area contributed by atoms with Gasteiger partial charge in [0.05, 0.1) is 34.9 Å². The summed E-state index contributed by atoms with van der Waals surface area (Å²) in [4.78, 5) is 11.8. The van der Waals surface area contributed by atoms with Crippen LogP contribution in [-0.2, 0) is 5.60 Å². The number of fused-ring (bicyclic) bond motifs is 1. The van der Waals surface area contributed by atoms with Crippen molar-refractivity contribution in [2.24, 2.45) is 0 Å². The Balaban J connectivity index is 2.05. The average molecular weight is 378 g/mol. The molecule has 0 aliphatic rings. The van der Waals surface area contributed by atoms with Gasteiger partial charge in [-0.15, -0.1) is 0 Å². The molecule has 0 amide bonds. The van der Waals surface area contributed by atoms with Crippen molar-refractivity contribution in [3.8, 4) is 11.1 Å². The average Bonchev–Trinajstić information content (AvgIpc) is 3.32. The Morgan fingerprint density at radius 2 is 2.04 bits per heavy atom. The molecule has 0 saturated heterocycles. The predicted octanol–water partition coefficient (Wildman–Crippen LogP) is 3.24. The minimum atomic E-state index is -1.72. The molecule has 0 aliphatic carbocycles. The molecule has 3 aromatic heterocycles. The van der Waals surface area contributed by atoms with E-state index in [2.05, 4.69) is 20.1 Å². The molecule has 1 aromatic carbocycles. The zero-order chi connectivity index (χ0) is 19.9. The number of hydrogen-bond acceptors (Lipinski definition) is 6. The van der Waals surface area contributed by atoms with Crippen LogP contribution in [0.4, 0.5) is 0 Å². The van der Waals surface area contributed by atoms with E-state index in [9.17, 15) is 10.2 Å². The number of imidazole rings is 1. The number of nitrogens with zero attached hydrogens (tertiary/aromatic N) is 3. The van der Waals surface area contributed by atoms with Crippen molar-refractivity contribution in [1.82, 2.24) is 20.1 Å². The number of hydrogen-bond donors (Lipinski definition) is 3. The summed E-state index contributed by atoms with van der Waals surface area (Å²) >= 11 is 0. The highest BCUT2D eigenvalue weighted by atomic mass is 16.5. The molecule has 7 heteroatoms. The van der Waals surface area contributed by atoms with Gasteiger partial charge in [0.1, 0.15) is 5.76 Å². The van der Waals surface area contributed by atoms with Crippen LogP contribution in [-0.4, -0.2) is 36.4 Å². The third kappa shape index (κ3) is 2.71. The summed E-state index contributed by atoms with van der Waals surface area (Å²) < 4.78 is 5.32. The van der Waals surface area contributed by atoms with E-state index in [0.717, 1.165) is 22.3 Å². The fraction of sp³-hybridized carbons (Fsp3) is 0.286. The number of aliphatic hydroxyl groups excluding tert-OH is 1. The number of aliphatic hydroxyl groups is 2. The third-order valence-electron chi connectivity index (χ3n) is 5.18. The SMILES string of the molecule is CCC(O)C(O)(c1ccccn1)c1cc(-c2c(C)noc2C)cc2[nH]cnc12. The van der Waals surface area contributed by atoms with Crippen molar-refractivity contribution in [3.63, 3.8) is 0 Å². The molecule has 2 atom stereocenters. The van der Waals surface area contributed by atoms with Gasteiger partial charge in [0.25, 0.3) is 0 Å². The molecule has 2 unspecified atom stereocenters. The minimum absolute atomic E-state index is 0.342. The van der Waals surface area contributed by atoms with Crippen LogP contribution in [0.5, 0.6) is 0 Å². The minimum Gasteiger partial charge on any atom is -0.389 e. The molecule has 3 heterocycles. The van der Waals surface area contributed by atoms with E-state index in [1.807, 2.05) is 32.9 Å². The first-order valence-electron chi connectivity index (χ1n) is 9.19. The molecule has 4 aromatic rings. The number of nitrogens with one attached hydrogen (secondary N) is 1. The summed E-state index contributed by atoms with van der Waals surface area (Å²) in [7, 11) is 0. The molecule has 0 spiro atoms. The number of benzene rings is 1. The maximum atomic E-state index is 11.8. The van der Waals surface area contributed by atoms with Crippen LogP contribution in [0.2, 0.25) is 0 Å². The van der Waals surface area contributed by atoms with Gasteiger partial charge in [-0.3, -0.25) is 4.98 Å². The van der Waals surface area contributed by atoms with E-state index in [1.54, 1.807) is 30.7 Å². The summed E-state index contributed by atoms with van der Waals surface area (Å²) in [6.07, 6.45) is 2.45. The van der Waals surface area contributed by atoms with E-state index in [1.165, 1.54) is 0 Å². The van der Waals surface area contributed by atoms with Gasteiger partial charge in [0.2, 0.25) is 0 Å². The maximum absolute atomic E-state index is 11.8. The van der Waals surface area contributed by atoms with Gasteiger partial charge in [-0.25, -0.2) is 4.98 Å². The fourth-order valence-electron chi connectivity index (χ4n) is 3.75. The van der Waals surface area contributed by atoms with E-state index < -0.39 is 11.7 Å². The number of H-pyrrole nitrogens is 1. The molecule has 7 nitrogen and oxygen atoms in total. The van der Waals surface area contributed by atoms with E-state index in [4.69, 9.17) is 4.52 Å². The Labute approximate surface area is 162 Å². The lowest BCUT2D eigenvalue weighted by molar-refractivity contribution is -0.0528. The zero-order valence-electron chi connectivity index (χ0n) is 16.0. The van der Waals surface area contributed by atoms with Crippen molar-refractivity contribution < 1.29 is 14.7 Å². The number of aromatic nitrogens is 4. The van der Waals surface area contributed by atoms with Gasteiger partial charge >= 0.3 is 0 Å². The second-order valence-corrected chi connectivity index (χ2v) is 6.93. The van der Waals surface area contributed by atoms with Gasteiger partial charge in [-0.1, -0.05) is 18.1 Å². The topological polar surface area (TPSA) is 108 Å². The molecule has 4 rings (SSSR count). The summed E-state index contributed by atoms with van der Waals surface area (Å²) in [5.41, 5.74) is 2.87. The van der Waals surface area contributed by atoms with Gasteiger partial charge in [-0.2, -0.15) is 0 Å². The van der Waals surface area contributed by atoms with E-state index in [-0.39, 0.29) is 0 Å². The number of aryl methyl sites for hydroxylation is 2. The molecule has 0 saturated carbocycles. The first kappa shape index (κ1) is 18.3. The smallest absolute Gasteiger partial charge is 0.159 e. The van der Waals surface area contributed by atoms with Crippen LogP contribution in [0.15, 0.2) is 47.4 Å². The van der Waals surface area contributed by atoms with Crippen LogP contribution in [0.25, 0.3) is 22.2 Å². The lowest BCUT2D eigenvalue weighted by Crippen LogP contribution is -2.41. The monoisotopic (exact) mass is 378 g/mol. The Hall–Kier alpha value is -3.03. The van der Waals surface area contributed by atoms with Crippen LogP contribution in [0.3, 0.4) is 0 Å². The molecule has 0 bridgehead atoms. The Kier molecular flexibility index (Phi) is 4.49. The lowest BCUT2D eigenvalue weighted by Gasteiger charge is -2.33. The number of rotatable bonds is 5. The summed E-state index contributed by atoms with van der Waals surface area (Å²) in [5.74, 6) is 0.680. The van der Waals surface area contributed by atoms with Crippen molar-refractivity contribution in [3.05, 3.63) is 65.6 Å². The normalized spacial score (nSPS) is 14.9. The molecular weight excluding hydrogens is 356 g/mol. The highest BCUT2D eigenvalue weighted by molar-refractivity contribution is 5.87. The van der Waals surface area contributed by atoms with Gasteiger partial charge < -0.3 is 19.7 Å². The Bertz CT molecular complexity index is 1100. The second-order valence-electron chi connectivity index (χ2n) is 6.93. The fourth-order valence-corrected chi connectivity index (χ4v) is 3.75. The Morgan fingerprint density at radius 1 is 1.21 bits per heavy atom. The molecular formula is C21H22N4O3. The van der Waals surface area contributed by atoms with Crippen molar-refractivity contribution >= 4 is 11.0 Å². The van der Waals surface area contributed by atoms with Gasteiger partial charge in [0.15, 0.2) is 5.60 Å². The van der Waals surface area contributed by atoms with Crippen LogP contribution < -0.4 is 0 Å². The van der Waals surface area contributed by atoms with Crippen LogP contribution in [0.1, 0.15) is 36.1 Å².